The summed E-state index contributed by atoms with van der Waals surface area (Å²) in [5.74, 6) is 0.460. The van der Waals surface area contributed by atoms with Gasteiger partial charge in [0.05, 0.1) is 7.11 Å². The first-order valence-corrected chi connectivity index (χ1v) is 7.80. The van der Waals surface area contributed by atoms with Crippen molar-refractivity contribution in [1.29, 1.82) is 0 Å². The maximum Gasteiger partial charge on any atom is 0.260 e. The monoisotopic (exact) mass is 333 g/mol. The van der Waals surface area contributed by atoms with E-state index in [-0.39, 0.29) is 17.6 Å². The van der Waals surface area contributed by atoms with Crippen molar-refractivity contribution in [2.75, 3.05) is 12.4 Å². The zero-order chi connectivity index (χ0) is 16.8. The third kappa shape index (κ3) is 4.66. The lowest BCUT2D eigenvalue weighted by Crippen LogP contribution is -2.13. The van der Waals surface area contributed by atoms with E-state index in [1.54, 1.807) is 6.07 Å². The van der Waals surface area contributed by atoms with E-state index in [2.05, 4.69) is 18.3 Å². The van der Waals surface area contributed by atoms with Crippen LogP contribution in [0.1, 0.15) is 23.6 Å². The van der Waals surface area contributed by atoms with Gasteiger partial charge in [-0.1, -0.05) is 19.1 Å². The van der Waals surface area contributed by atoms with Gasteiger partial charge >= 0.3 is 0 Å². The average molecular weight is 333 g/mol. The molecule has 0 amide bonds. The summed E-state index contributed by atoms with van der Waals surface area (Å²) < 4.78 is 24.3. The third-order valence-corrected chi connectivity index (χ3v) is 3.79. The van der Waals surface area contributed by atoms with Gasteiger partial charge in [0.1, 0.15) is 18.2 Å². The number of hydrogen-bond donors (Lipinski definition) is 1. The first kappa shape index (κ1) is 17.2. The smallest absolute Gasteiger partial charge is 0.260 e. The van der Waals surface area contributed by atoms with Crippen LogP contribution >= 0.6 is 12.2 Å². The number of aryl methyl sites for hydroxylation is 2. The van der Waals surface area contributed by atoms with Gasteiger partial charge in [0.25, 0.3) is 5.17 Å². The van der Waals surface area contributed by atoms with E-state index in [0.717, 1.165) is 17.7 Å². The van der Waals surface area contributed by atoms with E-state index in [1.165, 1.54) is 24.8 Å². The van der Waals surface area contributed by atoms with Crippen LogP contribution in [0, 0.1) is 12.7 Å². The quantitative estimate of drug-likeness (QED) is 0.809. The van der Waals surface area contributed by atoms with Crippen LogP contribution in [0.2, 0.25) is 0 Å². The molecular weight excluding hydrogens is 313 g/mol. The van der Waals surface area contributed by atoms with E-state index < -0.39 is 0 Å². The standard InChI is InChI=1S/C18H20FNO2S/c1-4-13-5-8-17(12(2)9-13)22-11-14-10-15(19)6-7-16(14)20-18(23)21-3/h5-10H,4,11H2,1-3H3,(H,20,23). The van der Waals surface area contributed by atoms with Gasteiger partial charge in [-0.25, -0.2) is 4.39 Å². The summed E-state index contributed by atoms with van der Waals surface area (Å²) in [5.41, 5.74) is 3.65. The van der Waals surface area contributed by atoms with Crippen molar-refractivity contribution >= 4 is 23.1 Å². The number of methoxy groups -OCH3 is 1. The van der Waals surface area contributed by atoms with Gasteiger partial charge in [0.15, 0.2) is 0 Å². The van der Waals surface area contributed by atoms with Gasteiger partial charge in [-0.3, -0.25) is 0 Å². The molecule has 0 fully saturated rings. The molecule has 2 aromatic carbocycles. The van der Waals surface area contributed by atoms with Crippen molar-refractivity contribution in [2.24, 2.45) is 0 Å². The van der Waals surface area contributed by atoms with E-state index in [4.69, 9.17) is 21.7 Å². The minimum Gasteiger partial charge on any atom is -0.489 e. The molecule has 3 nitrogen and oxygen atoms in total. The Hall–Kier alpha value is -2.14. The summed E-state index contributed by atoms with van der Waals surface area (Å²) in [6.07, 6.45) is 0.980. The highest BCUT2D eigenvalue weighted by Crippen LogP contribution is 2.23. The van der Waals surface area contributed by atoms with E-state index >= 15 is 0 Å². The number of halogens is 1. The molecular formula is C18H20FNO2S. The van der Waals surface area contributed by atoms with Crippen molar-refractivity contribution in [1.82, 2.24) is 0 Å². The van der Waals surface area contributed by atoms with Crippen molar-refractivity contribution in [3.05, 3.63) is 58.9 Å². The lowest BCUT2D eigenvalue weighted by atomic mass is 10.1. The number of benzene rings is 2. The number of anilines is 1. The minimum absolute atomic E-state index is 0.223. The fraction of sp³-hybridized carbons (Fsp3) is 0.278. The van der Waals surface area contributed by atoms with Crippen LogP contribution in [-0.2, 0) is 17.8 Å². The molecule has 122 valence electrons. The Morgan fingerprint density at radius 1 is 1.22 bits per heavy atom. The highest BCUT2D eigenvalue weighted by atomic mass is 32.1. The van der Waals surface area contributed by atoms with E-state index in [9.17, 15) is 4.39 Å². The second kappa shape index (κ2) is 7.92. The molecule has 0 bridgehead atoms. The highest BCUT2D eigenvalue weighted by Gasteiger charge is 2.08. The van der Waals surface area contributed by atoms with Gasteiger partial charge in [0, 0.05) is 11.3 Å². The van der Waals surface area contributed by atoms with E-state index in [1.807, 2.05) is 19.1 Å². The van der Waals surface area contributed by atoms with Crippen molar-refractivity contribution in [2.45, 2.75) is 26.9 Å². The molecule has 23 heavy (non-hydrogen) atoms. The maximum absolute atomic E-state index is 13.5. The maximum atomic E-state index is 13.5. The summed E-state index contributed by atoms with van der Waals surface area (Å²) in [4.78, 5) is 0. The lowest BCUT2D eigenvalue weighted by molar-refractivity contribution is 0.304. The van der Waals surface area contributed by atoms with Crippen LogP contribution in [0.15, 0.2) is 36.4 Å². The lowest BCUT2D eigenvalue weighted by Gasteiger charge is -2.14. The zero-order valence-corrected chi connectivity index (χ0v) is 14.3. The molecule has 0 aromatic heterocycles. The number of thiocarbonyl (C=S) groups is 1. The fourth-order valence-electron chi connectivity index (χ4n) is 2.21. The predicted molar refractivity (Wildman–Crippen MR) is 94.5 cm³/mol. The Balaban J connectivity index is 2.16. The van der Waals surface area contributed by atoms with Crippen LogP contribution in [0.25, 0.3) is 0 Å². The Bertz CT molecular complexity index is 703. The van der Waals surface area contributed by atoms with Gasteiger partial charge < -0.3 is 14.8 Å². The largest absolute Gasteiger partial charge is 0.489 e. The second-order valence-corrected chi connectivity index (χ2v) is 5.53. The first-order valence-electron chi connectivity index (χ1n) is 7.39. The topological polar surface area (TPSA) is 30.5 Å². The molecule has 0 aliphatic carbocycles. The number of ether oxygens (including phenoxy) is 2. The van der Waals surface area contributed by atoms with Crippen LogP contribution < -0.4 is 10.1 Å². The van der Waals surface area contributed by atoms with Gasteiger partial charge in [-0.2, -0.15) is 0 Å². The number of nitrogens with one attached hydrogen (secondary N) is 1. The molecule has 0 aliphatic heterocycles. The Kier molecular flexibility index (Phi) is 5.93. The molecule has 0 atom stereocenters. The van der Waals surface area contributed by atoms with Crippen molar-refractivity contribution < 1.29 is 13.9 Å². The molecule has 2 aromatic rings. The molecule has 5 heteroatoms. The highest BCUT2D eigenvalue weighted by molar-refractivity contribution is 7.80. The van der Waals surface area contributed by atoms with Crippen LogP contribution in [0.5, 0.6) is 5.75 Å². The first-order chi connectivity index (χ1) is 11.0. The molecule has 0 unspecified atom stereocenters. The van der Waals surface area contributed by atoms with Crippen LogP contribution in [-0.4, -0.2) is 12.3 Å². The van der Waals surface area contributed by atoms with Gasteiger partial charge in [0.2, 0.25) is 0 Å². The summed E-state index contributed by atoms with van der Waals surface area (Å²) >= 11 is 4.99. The SMILES string of the molecule is CCc1ccc(OCc2cc(F)ccc2NC(=S)OC)c(C)c1. The van der Waals surface area contributed by atoms with E-state index in [0.29, 0.717) is 11.3 Å². The van der Waals surface area contributed by atoms with Crippen LogP contribution in [0.4, 0.5) is 10.1 Å². The number of rotatable bonds is 5. The second-order valence-electron chi connectivity index (χ2n) is 5.16. The zero-order valence-electron chi connectivity index (χ0n) is 13.5. The minimum atomic E-state index is -0.324. The molecule has 0 radical (unpaired) electrons. The molecule has 0 saturated heterocycles. The molecule has 0 spiro atoms. The summed E-state index contributed by atoms with van der Waals surface area (Å²) in [7, 11) is 1.48. The molecule has 1 N–H and O–H groups in total. The summed E-state index contributed by atoms with van der Waals surface area (Å²) in [6, 6.07) is 10.5. The molecule has 0 aliphatic rings. The third-order valence-electron chi connectivity index (χ3n) is 3.52. The van der Waals surface area contributed by atoms with Crippen LogP contribution in [0.3, 0.4) is 0 Å². The Labute approximate surface area is 141 Å². The predicted octanol–water partition coefficient (Wildman–Crippen LogP) is 4.62. The van der Waals surface area contributed by atoms with Crippen molar-refractivity contribution in [3.63, 3.8) is 0 Å². The average Bonchev–Trinajstić information content (AvgIpc) is 2.55. The normalized spacial score (nSPS) is 10.3. The molecule has 0 heterocycles. The number of hydrogen-bond acceptors (Lipinski definition) is 3. The molecule has 0 saturated carbocycles. The van der Waals surface area contributed by atoms with Crippen molar-refractivity contribution in [3.8, 4) is 5.75 Å². The van der Waals surface area contributed by atoms with Gasteiger partial charge in [-0.05, 0) is 61.0 Å². The molecule has 2 rings (SSSR count). The Morgan fingerprint density at radius 2 is 2.00 bits per heavy atom. The summed E-state index contributed by atoms with van der Waals surface area (Å²) in [6.45, 7) is 4.34. The van der Waals surface area contributed by atoms with Gasteiger partial charge in [-0.15, -0.1) is 0 Å². The fourth-order valence-corrected chi connectivity index (χ4v) is 2.32. The Morgan fingerprint density at radius 3 is 2.65 bits per heavy atom. The summed E-state index contributed by atoms with van der Waals surface area (Å²) in [5, 5.41) is 3.14.